The van der Waals surface area contributed by atoms with E-state index in [1.807, 2.05) is 11.8 Å². The monoisotopic (exact) mass is 300 g/mol. The van der Waals surface area contributed by atoms with E-state index < -0.39 is 0 Å². The second-order valence-electron chi connectivity index (χ2n) is 4.81. The van der Waals surface area contributed by atoms with Gasteiger partial charge in [-0.1, -0.05) is 48.2 Å². The summed E-state index contributed by atoms with van der Waals surface area (Å²) in [7, 11) is 0. The van der Waals surface area contributed by atoms with E-state index in [-0.39, 0.29) is 0 Å². The van der Waals surface area contributed by atoms with Crippen LogP contribution in [0, 0.1) is 0 Å². The molecule has 3 N–H and O–H groups in total. The molecule has 1 aliphatic rings. The maximum atomic E-state index is 5.51. The smallest absolute Gasteiger partial charge is 0.163 e. The quantitative estimate of drug-likeness (QED) is 0.851. The van der Waals surface area contributed by atoms with Crippen LogP contribution in [0.2, 0.25) is 0 Å². The molecule has 0 saturated heterocycles. The molecule has 0 bridgehead atoms. The number of thiocarbonyl (C=S) groups is 1. The molecule has 3 rings (SSSR count). The molecule has 2 aromatic rings. The van der Waals surface area contributed by atoms with Crippen LogP contribution in [-0.2, 0) is 0 Å². The molecule has 0 atom stereocenters. The Kier molecular flexibility index (Phi) is 3.94. The minimum absolute atomic E-state index is 0.372. The third-order valence-corrected chi connectivity index (χ3v) is 4.87. The van der Waals surface area contributed by atoms with Crippen LogP contribution in [0.15, 0.2) is 58.3 Å². The van der Waals surface area contributed by atoms with Crippen molar-refractivity contribution in [3.05, 3.63) is 59.7 Å². The molecule has 1 aliphatic heterocycles. The summed E-state index contributed by atoms with van der Waals surface area (Å²) < 4.78 is 0. The Morgan fingerprint density at radius 1 is 1.05 bits per heavy atom. The van der Waals surface area contributed by atoms with E-state index in [1.54, 1.807) is 0 Å². The Hall–Kier alpha value is -1.52. The lowest BCUT2D eigenvalue weighted by molar-refractivity contribution is 0.670. The number of rotatable bonds is 3. The molecular formula is C16H16N2S2. The molecule has 0 saturated carbocycles. The molecule has 0 amide bonds. The highest BCUT2D eigenvalue weighted by atomic mass is 32.2. The Labute approximate surface area is 128 Å². The number of hydrogen-bond acceptors (Lipinski definition) is 2. The average Bonchev–Trinajstić information content (AvgIpc) is 2.46. The lowest BCUT2D eigenvalue weighted by atomic mass is 9.88. The Morgan fingerprint density at radius 3 is 2.15 bits per heavy atom. The highest BCUT2D eigenvalue weighted by molar-refractivity contribution is 7.99. The van der Waals surface area contributed by atoms with Gasteiger partial charge in [0.15, 0.2) is 5.11 Å². The zero-order valence-corrected chi connectivity index (χ0v) is 12.6. The fraction of sp³-hybridized carbons (Fsp3) is 0.188. The van der Waals surface area contributed by atoms with E-state index in [9.17, 15) is 0 Å². The van der Waals surface area contributed by atoms with Crippen LogP contribution in [0.3, 0.4) is 0 Å². The highest BCUT2D eigenvalue weighted by Gasteiger charge is 2.25. The van der Waals surface area contributed by atoms with Gasteiger partial charge in [0, 0.05) is 22.3 Å². The minimum Gasteiger partial charge on any atom is -0.376 e. The third kappa shape index (κ3) is 2.67. The van der Waals surface area contributed by atoms with Gasteiger partial charge in [0.1, 0.15) is 0 Å². The predicted octanol–water partition coefficient (Wildman–Crippen LogP) is 3.51. The number of hydrogen-bond donors (Lipinski definition) is 2. The molecule has 20 heavy (non-hydrogen) atoms. The van der Waals surface area contributed by atoms with Gasteiger partial charge in [-0.25, -0.2) is 0 Å². The third-order valence-electron chi connectivity index (χ3n) is 3.54. The summed E-state index contributed by atoms with van der Waals surface area (Å²) in [5.41, 5.74) is 8.32. The van der Waals surface area contributed by atoms with Crippen molar-refractivity contribution in [2.24, 2.45) is 5.73 Å². The van der Waals surface area contributed by atoms with Crippen LogP contribution in [-0.4, -0.2) is 11.7 Å². The average molecular weight is 300 g/mol. The first-order chi connectivity index (χ1) is 9.75. The van der Waals surface area contributed by atoms with E-state index >= 15 is 0 Å². The highest BCUT2D eigenvalue weighted by Crippen LogP contribution is 2.46. The standard InChI is InChI=1S/C16H16N2S2/c17-16(19)18-10-9-11-12-5-1-3-7-14(12)20-15-8-4-2-6-13(11)15/h1-8,11H,9-10H2,(H3,17,18,19). The van der Waals surface area contributed by atoms with Gasteiger partial charge in [-0.2, -0.15) is 0 Å². The number of benzene rings is 2. The molecule has 4 heteroatoms. The maximum Gasteiger partial charge on any atom is 0.163 e. The number of fused-ring (bicyclic) bond motifs is 2. The molecule has 0 aliphatic carbocycles. The predicted molar refractivity (Wildman–Crippen MR) is 88.3 cm³/mol. The van der Waals surface area contributed by atoms with Crippen molar-refractivity contribution in [3.63, 3.8) is 0 Å². The first-order valence-electron chi connectivity index (χ1n) is 6.64. The lowest BCUT2D eigenvalue weighted by Gasteiger charge is -2.28. The molecule has 0 radical (unpaired) electrons. The Bertz CT molecular complexity index is 594. The van der Waals surface area contributed by atoms with Crippen LogP contribution >= 0.6 is 24.0 Å². The van der Waals surface area contributed by atoms with Crippen molar-refractivity contribution in [2.75, 3.05) is 6.54 Å². The van der Waals surface area contributed by atoms with Gasteiger partial charge < -0.3 is 11.1 Å². The summed E-state index contributed by atoms with van der Waals surface area (Å²) in [6.45, 7) is 0.799. The zero-order chi connectivity index (χ0) is 13.9. The van der Waals surface area contributed by atoms with Crippen molar-refractivity contribution >= 4 is 29.1 Å². The van der Waals surface area contributed by atoms with Gasteiger partial charge >= 0.3 is 0 Å². The topological polar surface area (TPSA) is 38.0 Å². The van der Waals surface area contributed by atoms with Crippen molar-refractivity contribution < 1.29 is 0 Å². The number of nitrogens with one attached hydrogen (secondary N) is 1. The van der Waals surface area contributed by atoms with Crippen LogP contribution < -0.4 is 11.1 Å². The molecule has 2 nitrogen and oxygen atoms in total. The summed E-state index contributed by atoms with van der Waals surface area (Å²) >= 11 is 6.74. The number of nitrogens with two attached hydrogens (primary N) is 1. The first-order valence-corrected chi connectivity index (χ1v) is 7.87. The normalized spacial score (nSPS) is 13.4. The molecule has 0 fully saturated rings. The largest absolute Gasteiger partial charge is 0.376 e. The van der Waals surface area contributed by atoms with E-state index in [2.05, 4.69) is 53.8 Å². The molecule has 0 unspecified atom stereocenters. The fourth-order valence-corrected chi connectivity index (χ4v) is 3.95. The zero-order valence-electron chi connectivity index (χ0n) is 11.0. The summed E-state index contributed by atoms with van der Waals surface area (Å²) in [6.07, 6.45) is 0.992. The van der Waals surface area contributed by atoms with Gasteiger partial charge in [0.2, 0.25) is 0 Å². The van der Waals surface area contributed by atoms with Crippen molar-refractivity contribution in [3.8, 4) is 0 Å². The Balaban J connectivity index is 1.93. The van der Waals surface area contributed by atoms with Crippen LogP contribution in [0.4, 0.5) is 0 Å². The molecule has 102 valence electrons. The van der Waals surface area contributed by atoms with Gasteiger partial charge in [-0.05, 0) is 41.9 Å². The van der Waals surface area contributed by atoms with E-state index in [1.165, 1.54) is 20.9 Å². The molecule has 2 aromatic carbocycles. The molecule has 1 heterocycles. The summed E-state index contributed by atoms with van der Waals surface area (Å²) in [6, 6.07) is 17.3. The van der Waals surface area contributed by atoms with Gasteiger partial charge in [0.25, 0.3) is 0 Å². The van der Waals surface area contributed by atoms with Crippen LogP contribution in [0.25, 0.3) is 0 Å². The fourth-order valence-electron chi connectivity index (χ4n) is 2.66. The van der Waals surface area contributed by atoms with Crippen molar-refractivity contribution in [1.82, 2.24) is 5.32 Å². The molecule has 0 aromatic heterocycles. The second-order valence-corrected chi connectivity index (χ2v) is 6.33. The summed E-state index contributed by atoms with van der Waals surface area (Å²) in [4.78, 5) is 2.71. The lowest BCUT2D eigenvalue weighted by Crippen LogP contribution is -2.30. The van der Waals surface area contributed by atoms with E-state index in [0.717, 1.165) is 13.0 Å². The van der Waals surface area contributed by atoms with Crippen molar-refractivity contribution in [1.29, 1.82) is 0 Å². The second kappa shape index (κ2) is 5.85. The maximum absolute atomic E-state index is 5.51. The Morgan fingerprint density at radius 2 is 1.60 bits per heavy atom. The molecular weight excluding hydrogens is 284 g/mol. The van der Waals surface area contributed by atoms with E-state index in [0.29, 0.717) is 11.0 Å². The summed E-state index contributed by atoms with van der Waals surface area (Å²) in [5, 5.41) is 3.43. The van der Waals surface area contributed by atoms with Gasteiger partial charge in [-0.3, -0.25) is 0 Å². The van der Waals surface area contributed by atoms with Crippen LogP contribution in [0.5, 0.6) is 0 Å². The van der Waals surface area contributed by atoms with Gasteiger partial charge in [-0.15, -0.1) is 0 Å². The van der Waals surface area contributed by atoms with Gasteiger partial charge in [0.05, 0.1) is 0 Å². The van der Waals surface area contributed by atoms with Crippen molar-refractivity contribution in [2.45, 2.75) is 22.1 Å². The SMILES string of the molecule is NC(=S)NCCC1c2ccccc2Sc2ccccc21. The summed E-state index contributed by atoms with van der Waals surface area (Å²) in [5.74, 6) is 0.408. The molecule has 0 spiro atoms. The van der Waals surface area contributed by atoms with E-state index in [4.69, 9.17) is 18.0 Å². The first kappa shape index (κ1) is 13.5. The van der Waals surface area contributed by atoms with Crippen LogP contribution in [0.1, 0.15) is 23.5 Å². The minimum atomic E-state index is 0.372.